The molecule has 5 nitrogen and oxygen atoms in total. The first-order chi connectivity index (χ1) is 13.6. The van der Waals surface area contributed by atoms with Crippen molar-refractivity contribution in [2.45, 2.75) is 32.6 Å². The van der Waals surface area contributed by atoms with Crippen molar-refractivity contribution >= 4 is 33.4 Å². The Balaban J connectivity index is 1.84. The molecule has 1 saturated heterocycles. The number of carbonyl (C=O) groups is 2. The van der Waals surface area contributed by atoms with E-state index in [0.717, 1.165) is 43.2 Å². The molecule has 1 aliphatic heterocycles. The fraction of sp³-hybridized carbons (Fsp3) is 0.364. The molecule has 0 unspecified atom stereocenters. The molecule has 1 fully saturated rings. The fourth-order valence-electron chi connectivity index (χ4n) is 3.37. The number of anilines is 1. The van der Waals surface area contributed by atoms with Gasteiger partial charge in [0.25, 0.3) is 11.8 Å². The average molecular weight is 445 g/mol. The van der Waals surface area contributed by atoms with Gasteiger partial charge in [0.2, 0.25) is 0 Å². The SMILES string of the molecule is CCOc1ccc(Br)cc1C(=O)Nc1ccccc1C(=O)N1CCCCCC1. The predicted octanol–water partition coefficient (Wildman–Crippen LogP) is 5.12. The third-order valence-electron chi connectivity index (χ3n) is 4.79. The highest BCUT2D eigenvalue weighted by Gasteiger charge is 2.21. The van der Waals surface area contributed by atoms with Crippen LogP contribution in [0.5, 0.6) is 5.75 Å². The van der Waals surface area contributed by atoms with Crippen LogP contribution >= 0.6 is 15.9 Å². The smallest absolute Gasteiger partial charge is 0.259 e. The van der Waals surface area contributed by atoms with Crippen LogP contribution in [-0.4, -0.2) is 36.4 Å². The number of hydrogen-bond acceptors (Lipinski definition) is 3. The van der Waals surface area contributed by atoms with Gasteiger partial charge in [-0.05, 0) is 50.1 Å². The molecule has 2 aromatic carbocycles. The zero-order valence-corrected chi connectivity index (χ0v) is 17.6. The van der Waals surface area contributed by atoms with Gasteiger partial charge in [0.05, 0.1) is 23.4 Å². The molecule has 3 rings (SSSR count). The van der Waals surface area contributed by atoms with Crippen molar-refractivity contribution < 1.29 is 14.3 Å². The maximum Gasteiger partial charge on any atom is 0.259 e. The van der Waals surface area contributed by atoms with Gasteiger partial charge in [0.1, 0.15) is 5.75 Å². The zero-order valence-electron chi connectivity index (χ0n) is 16.0. The van der Waals surface area contributed by atoms with Gasteiger partial charge in [0.15, 0.2) is 0 Å². The first-order valence-corrected chi connectivity index (χ1v) is 10.5. The number of carbonyl (C=O) groups excluding carboxylic acids is 2. The van der Waals surface area contributed by atoms with Crippen molar-refractivity contribution in [3.63, 3.8) is 0 Å². The van der Waals surface area contributed by atoms with Crippen molar-refractivity contribution in [1.82, 2.24) is 4.90 Å². The summed E-state index contributed by atoms with van der Waals surface area (Å²) in [6.07, 6.45) is 4.36. The van der Waals surface area contributed by atoms with Gasteiger partial charge in [-0.1, -0.05) is 40.9 Å². The van der Waals surface area contributed by atoms with E-state index < -0.39 is 0 Å². The van der Waals surface area contributed by atoms with Gasteiger partial charge in [-0.15, -0.1) is 0 Å². The number of nitrogens with zero attached hydrogens (tertiary/aromatic N) is 1. The summed E-state index contributed by atoms with van der Waals surface area (Å²) in [5.74, 6) is 0.178. The van der Waals surface area contributed by atoms with Crippen LogP contribution in [-0.2, 0) is 0 Å². The number of likely N-dealkylation sites (tertiary alicyclic amines) is 1. The van der Waals surface area contributed by atoms with Crippen LogP contribution in [0, 0.1) is 0 Å². The minimum absolute atomic E-state index is 0.0305. The quantitative estimate of drug-likeness (QED) is 0.696. The Morgan fingerprint density at radius 3 is 2.46 bits per heavy atom. The maximum absolute atomic E-state index is 13.1. The van der Waals surface area contributed by atoms with E-state index in [9.17, 15) is 9.59 Å². The third-order valence-corrected chi connectivity index (χ3v) is 5.28. The van der Waals surface area contributed by atoms with E-state index in [1.807, 2.05) is 30.0 Å². The molecule has 28 heavy (non-hydrogen) atoms. The Hall–Kier alpha value is -2.34. The van der Waals surface area contributed by atoms with Gasteiger partial charge in [0, 0.05) is 17.6 Å². The lowest BCUT2D eigenvalue weighted by molar-refractivity contribution is 0.0762. The lowest BCUT2D eigenvalue weighted by Gasteiger charge is -2.22. The van der Waals surface area contributed by atoms with Crippen molar-refractivity contribution in [3.05, 3.63) is 58.1 Å². The fourth-order valence-corrected chi connectivity index (χ4v) is 3.73. The molecule has 0 spiro atoms. The molecule has 0 saturated carbocycles. The number of ether oxygens (including phenoxy) is 1. The van der Waals surface area contributed by atoms with Gasteiger partial charge >= 0.3 is 0 Å². The van der Waals surface area contributed by atoms with Crippen molar-refractivity contribution in [2.75, 3.05) is 25.0 Å². The Morgan fingerprint density at radius 1 is 1.04 bits per heavy atom. The van der Waals surface area contributed by atoms with Crippen molar-refractivity contribution in [2.24, 2.45) is 0 Å². The standard InChI is InChI=1S/C22H25BrN2O3/c1-2-28-20-12-11-16(23)15-18(20)21(26)24-19-10-6-5-9-17(19)22(27)25-13-7-3-4-8-14-25/h5-6,9-12,15H,2-4,7-8,13-14H2,1H3,(H,24,26). The minimum Gasteiger partial charge on any atom is -0.493 e. The van der Waals surface area contributed by atoms with E-state index in [-0.39, 0.29) is 11.8 Å². The van der Waals surface area contributed by atoms with Crippen molar-refractivity contribution in [1.29, 1.82) is 0 Å². The summed E-state index contributed by atoms with van der Waals surface area (Å²) in [4.78, 5) is 27.9. The molecular formula is C22H25BrN2O3. The second kappa shape index (κ2) is 9.73. The van der Waals surface area contributed by atoms with Crippen LogP contribution in [0.2, 0.25) is 0 Å². The van der Waals surface area contributed by atoms with Gasteiger partial charge in [-0.3, -0.25) is 9.59 Å². The summed E-state index contributed by atoms with van der Waals surface area (Å²) in [6.45, 7) is 3.87. The molecule has 1 N–H and O–H groups in total. The molecule has 0 bridgehead atoms. The summed E-state index contributed by atoms with van der Waals surface area (Å²) in [7, 11) is 0. The molecule has 0 aliphatic carbocycles. The number of para-hydroxylation sites is 1. The summed E-state index contributed by atoms with van der Waals surface area (Å²) in [5, 5.41) is 2.90. The lowest BCUT2D eigenvalue weighted by Crippen LogP contribution is -2.32. The molecular weight excluding hydrogens is 420 g/mol. The molecule has 1 aliphatic rings. The van der Waals surface area contributed by atoms with E-state index in [0.29, 0.717) is 29.2 Å². The van der Waals surface area contributed by atoms with E-state index in [1.54, 1.807) is 24.3 Å². The summed E-state index contributed by atoms with van der Waals surface area (Å²) >= 11 is 3.40. The van der Waals surface area contributed by atoms with E-state index in [1.165, 1.54) is 0 Å². The topological polar surface area (TPSA) is 58.6 Å². The molecule has 2 amide bonds. The van der Waals surface area contributed by atoms with Crippen LogP contribution in [0.3, 0.4) is 0 Å². The predicted molar refractivity (Wildman–Crippen MR) is 114 cm³/mol. The molecule has 6 heteroatoms. The molecule has 2 aromatic rings. The van der Waals surface area contributed by atoms with Crippen LogP contribution in [0.25, 0.3) is 0 Å². The molecule has 148 valence electrons. The maximum atomic E-state index is 13.1. The number of amides is 2. The lowest BCUT2D eigenvalue weighted by atomic mass is 10.1. The van der Waals surface area contributed by atoms with Crippen LogP contribution in [0.1, 0.15) is 53.3 Å². The highest BCUT2D eigenvalue weighted by molar-refractivity contribution is 9.10. The van der Waals surface area contributed by atoms with Crippen LogP contribution in [0.4, 0.5) is 5.69 Å². The second-order valence-corrected chi connectivity index (χ2v) is 7.70. The number of halogens is 1. The van der Waals surface area contributed by atoms with Gasteiger partial charge in [-0.2, -0.15) is 0 Å². The highest BCUT2D eigenvalue weighted by atomic mass is 79.9. The first-order valence-electron chi connectivity index (χ1n) is 9.72. The number of benzene rings is 2. The van der Waals surface area contributed by atoms with Crippen LogP contribution in [0.15, 0.2) is 46.9 Å². The number of hydrogen-bond donors (Lipinski definition) is 1. The Bertz CT molecular complexity index is 845. The second-order valence-electron chi connectivity index (χ2n) is 6.78. The minimum atomic E-state index is -0.305. The largest absolute Gasteiger partial charge is 0.493 e. The van der Waals surface area contributed by atoms with E-state index in [2.05, 4.69) is 21.2 Å². The van der Waals surface area contributed by atoms with Crippen LogP contribution < -0.4 is 10.1 Å². The number of rotatable bonds is 5. The van der Waals surface area contributed by atoms with Gasteiger partial charge in [-0.25, -0.2) is 0 Å². The number of nitrogens with one attached hydrogen (secondary N) is 1. The normalized spacial score (nSPS) is 14.3. The highest BCUT2D eigenvalue weighted by Crippen LogP contribution is 2.26. The van der Waals surface area contributed by atoms with Gasteiger partial charge < -0.3 is 15.0 Å². The Kier molecular flexibility index (Phi) is 7.09. The molecule has 0 aromatic heterocycles. The zero-order chi connectivity index (χ0) is 19.9. The average Bonchev–Trinajstić information content (AvgIpc) is 2.99. The Labute approximate surface area is 174 Å². The molecule has 0 atom stereocenters. The van der Waals surface area contributed by atoms with E-state index >= 15 is 0 Å². The van der Waals surface area contributed by atoms with E-state index in [4.69, 9.17) is 4.74 Å². The first kappa shape index (κ1) is 20.4. The molecule has 0 radical (unpaired) electrons. The monoisotopic (exact) mass is 444 g/mol. The summed E-state index contributed by atoms with van der Waals surface area (Å²) in [6, 6.07) is 12.5. The summed E-state index contributed by atoms with van der Waals surface area (Å²) in [5.41, 5.74) is 1.46. The molecule has 1 heterocycles. The summed E-state index contributed by atoms with van der Waals surface area (Å²) < 4.78 is 6.37. The van der Waals surface area contributed by atoms with Crippen molar-refractivity contribution in [3.8, 4) is 5.75 Å². The Morgan fingerprint density at radius 2 is 1.75 bits per heavy atom. The third kappa shape index (κ3) is 4.93.